The summed E-state index contributed by atoms with van der Waals surface area (Å²) in [5.41, 5.74) is 3.27. The monoisotopic (exact) mass is 395 g/mol. The standard InChI is InChI=1S/C21H18ClN3O3/c1-13-7-8-14(11-17(13)22)24-15-9-10-23-19(12-15)20(26)25-18-6-4-3-5-16(18)21(27)28-2/h3-12H,1-2H3,(H,23,24)(H,25,26). The molecule has 0 saturated heterocycles. The maximum Gasteiger partial charge on any atom is 0.339 e. The van der Waals surface area contributed by atoms with Gasteiger partial charge in [-0.25, -0.2) is 4.79 Å². The van der Waals surface area contributed by atoms with E-state index in [0.29, 0.717) is 16.4 Å². The van der Waals surface area contributed by atoms with Crippen molar-refractivity contribution in [2.75, 3.05) is 17.7 Å². The average molecular weight is 396 g/mol. The Morgan fingerprint density at radius 1 is 1.04 bits per heavy atom. The second kappa shape index (κ2) is 8.54. The minimum absolute atomic E-state index is 0.197. The SMILES string of the molecule is COC(=O)c1ccccc1NC(=O)c1cc(Nc2ccc(C)c(Cl)c2)ccn1. The number of anilines is 3. The normalized spacial score (nSPS) is 10.2. The van der Waals surface area contributed by atoms with Crippen LogP contribution < -0.4 is 10.6 Å². The number of halogens is 1. The van der Waals surface area contributed by atoms with Crippen LogP contribution in [-0.4, -0.2) is 24.0 Å². The molecule has 0 atom stereocenters. The Kier molecular flexibility index (Phi) is 5.91. The summed E-state index contributed by atoms with van der Waals surface area (Å²) in [6.45, 7) is 1.92. The van der Waals surface area contributed by atoms with E-state index in [4.69, 9.17) is 16.3 Å². The number of hydrogen-bond donors (Lipinski definition) is 2. The summed E-state index contributed by atoms with van der Waals surface area (Å²) in [6.07, 6.45) is 1.53. The number of para-hydroxylation sites is 1. The number of pyridine rings is 1. The molecular formula is C21H18ClN3O3. The third kappa shape index (κ3) is 4.47. The van der Waals surface area contributed by atoms with E-state index in [1.165, 1.54) is 13.3 Å². The first-order chi connectivity index (χ1) is 13.5. The number of rotatable bonds is 5. The summed E-state index contributed by atoms with van der Waals surface area (Å²) >= 11 is 6.15. The molecule has 0 aliphatic rings. The number of ether oxygens (including phenoxy) is 1. The maximum absolute atomic E-state index is 12.6. The summed E-state index contributed by atoms with van der Waals surface area (Å²) in [5, 5.41) is 6.54. The zero-order chi connectivity index (χ0) is 20.1. The zero-order valence-electron chi connectivity index (χ0n) is 15.3. The topological polar surface area (TPSA) is 80.3 Å². The number of methoxy groups -OCH3 is 1. The molecule has 0 saturated carbocycles. The van der Waals surface area contributed by atoms with Gasteiger partial charge in [0.15, 0.2) is 0 Å². The molecule has 142 valence electrons. The third-order valence-corrected chi connectivity index (χ3v) is 4.44. The molecule has 0 fully saturated rings. The number of amides is 1. The molecule has 7 heteroatoms. The van der Waals surface area contributed by atoms with Crippen molar-refractivity contribution in [2.45, 2.75) is 6.92 Å². The summed E-state index contributed by atoms with van der Waals surface area (Å²) in [6, 6.07) is 15.6. The van der Waals surface area contributed by atoms with Crippen molar-refractivity contribution in [3.05, 3.63) is 82.6 Å². The van der Waals surface area contributed by atoms with E-state index in [0.717, 1.165) is 11.3 Å². The average Bonchev–Trinajstić information content (AvgIpc) is 2.71. The molecule has 0 unspecified atom stereocenters. The Bertz CT molecular complexity index is 1040. The second-order valence-corrected chi connectivity index (χ2v) is 6.42. The van der Waals surface area contributed by atoms with Crippen LogP contribution in [0.15, 0.2) is 60.8 Å². The first-order valence-corrected chi connectivity index (χ1v) is 8.83. The van der Waals surface area contributed by atoms with Crippen LogP contribution in [0.2, 0.25) is 5.02 Å². The van der Waals surface area contributed by atoms with Gasteiger partial charge in [-0.05, 0) is 48.9 Å². The fourth-order valence-corrected chi connectivity index (χ4v) is 2.72. The van der Waals surface area contributed by atoms with E-state index >= 15 is 0 Å². The van der Waals surface area contributed by atoms with Crippen LogP contribution in [0, 0.1) is 6.92 Å². The van der Waals surface area contributed by atoms with Gasteiger partial charge in [0.1, 0.15) is 5.69 Å². The number of esters is 1. The highest BCUT2D eigenvalue weighted by Gasteiger charge is 2.15. The molecule has 0 spiro atoms. The fourth-order valence-electron chi connectivity index (χ4n) is 2.54. The number of carbonyl (C=O) groups is 2. The molecular weight excluding hydrogens is 378 g/mol. The highest BCUT2D eigenvalue weighted by Crippen LogP contribution is 2.24. The van der Waals surface area contributed by atoms with Gasteiger partial charge in [-0.3, -0.25) is 9.78 Å². The Morgan fingerprint density at radius 3 is 2.54 bits per heavy atom. The van der Waals surface area contributed by atoms with Crippen LogP contribution in [0.3, 0.4) is 0 Å². The van der Waals surface area contributed by atoms with Crippen LogP contribution in [0.1, 0.15) is 26.4 Å². The minimum Gasteiger partial charge on any atom is -0.465 e. The number of benzene rings is 2. The minimum atomic E-state index is -0.532. The van der Waals surface area contributed by atoms with Gasteiger partial charge in [-0.2, -0.15) is 0 Å². The molecule has 3 rings (SSSR count). The first kappa shape index (κ1) is 19.4. The van der Waals surface area contributed by atoms with Crippen molar-refractivity contribution in [1.29, 1.82) is 0 Å². The number of hydrogen-bond acceptors (Lipinski definition) is 5. The van der Waals surface area contributed by atoms with Crippen LogP contribution in [0.4, 0.5) is 17.1 Å². The summed E-state index contributed by atoms with van der Waals surface area (Å²) in [5.74, 6) is -0.975. The molecule has 0 aliphatic heterocycles. The van der Waals surface area contributed by atoms with E-state index in [9.17, 15) is 9.59 Å². The third-order valence-electron chi connectivity index (χ3n) is 4.03. The van der Waals surface area contributed by atoms with E-state index in [1.807, 2.05) is 25.1 Å². The Labute approximate surface area is 167 Å². The van der Waals surface area contributed by atoms with Gasteiger partial charge in [-0.1, -0.05) is 29.8 Å². The van der Waals surface area contributed by atoms with Gasteiger partial charge in [0, 0.05) is 22.6 Å². The Hall–Kier alpha value is -3.38. The van der Waals surface area contributed by atoms with E-state index in [1.54, 1.807) is 36.4 Å². The van der Waals surface area contributed by atoms with Crippen LogP contribution in [-0.2, 0) is 4.74 Å². The molecule has 0 bridgehead atoms. The van der Waals surface area contributed by atoms with Crippen molar-refractivity contribution in [1.82, 2.24) is 4.98 Å². The van der Waals surface area contributed by atoms with E-state index < -0.39 is 11.9 Å². The first-order valence-electron chi connectivity index (χ1n) is 8.46. The Balaban J connectivity index is 1.79. The lowest BCUT2D eigenvalue weighted by Gasteiger charge is -2.11. The molecule has 3 aromatic rings. The lowest BCUT2D eigenvalue weighted by Crippen LogP contribution is -2.16. The van der Waals surface area contributed by atoms with Crippen molar-refractivity contribution >= 4 is 40.5 Å². The van der Waals surface area contributed by atoms with Crippen molar-refractivity contribution < 1.29 is 14.3 Å². The molecule has 0 aliphatic carbocycles. The molecule has 0 radical (unpaired) electrons. The summed E-state index contributed by atoms with van der Waals surface area (Å²) in [4.78, 5) is 28.6. The number of aryl methyl sites for hydroxylation is 1. The van der Waals surface area contributed by atoms with Gasteiger partial charge in [0.25, 0.3) is 5.91 Å². The number of carbonyl (C=O) groups excluding carboxylic acids is 2. The molecule has 2 aromatic carbocycles. The molecule has 2 N–H and O–H groups in total. The molecule has 1 amide bonds. The van der Waals surface area contributed by atoms with Gasteiger partial charge in [0.2, 0.25) is 0 Å². The van der Waals surface area contributed by atoms with Gasteiger partial charge >= 0.3 is 5.97 Å². The van der Waals surface area contributed by atoms with Gasteiger partial charge in [0.05, 0.1) is 18.4 Å². The lowest BCUT2D eigenvalue weighted by molar-refractivity contribution is 0.0602. The van der Waals surface area contributed by atoms with Crippen molar-refractivity contribution in [3.63, 3.8) is 0 Å². The van der Waals surface area contributed by atoms with Crippen LogP contribution >= 0.6 is 11.6 Å². The van der Waals surface area contributed by atoms with Crippen molar-refractivity contribution in [3.8, 4) is 0 Å². The molecule has 1 heterocycles. The molecule has 1 aromatic heterocycles. The number of nitrogens with zero attached hydrogens (tertiary/aromatic N) is 1. The second-order valence-electron chi connectivity index (χ2n) is 6.01. The summed E-state index contributed by atoms with van der Waals surface area (Å²) in [7, 11) is 1.29. The molecule has 6 nitrogen and oxygen atoms in total. The van der Waals surface area contributed by atoms with Crippen LogP contribution in [0.5, 0.6) is 0 Å². The Morgan fingerprint density at radius 2 is 1.79 bits per heavy atom. The molecule has 28 heavy (non-hydrogen) atoms. The largest absolute Gasteiger partial charge is 0.465 e. The number of aromatic nitrogens is 1. The predicted octanol–water partition coefficient (Wildman–Crippen LogP) is 4.83. The fraction of sp³-hybridized carbons (Fsp3) is 0.0952. The summed E-state index contributed by atoms with van der Waals surface area (Å²) < 4.78 is 4.74. The van der Waals surface area contributed by atoms with E-state index in [-0.39, 0.29) is 11.3 Å². The smallest absolute Gasteiger partial charge is 0.339 e. The zero-order valence-corrected chi connectivity index (χ0v) is 16.1. The highest BCUT2D eigenvalue weighted by molar-refractivity contribution is 6.31. The van der Waals surface area contributed by atoms with Gasteiger partial charge in [-0.15, -0.1) is 0 Å². The lowest BCUT2D eigenvalue weighted by atomic mass is 10.1. The van der Waals surface area contributed by atoms with Crippen LogP contribution in [0.25, 0.3) is 0 Å². The maximum atomic E-state index is 12.6. The van der Waals surface area contributed by atoms with Gasteiger partial charge < -0.3 is 15.4 Å². The van der Waals surface area contributed by atoms with E-state index in [2.05, 4.69) is 15.6 Å². The predicted molar refractivity (Wildman–Crippen MR) is 109 cm³/mol. The highest BCUT2D eigenvalue weighted by atomic mass is 35.5. The van der Waals surface area contributed by atoms with Crippen molar-refractivity contribution in [2.24, 2.45) is 0 Å². The number of nitrogens with one attached hydrogen (secondary N) is 2. The quantitative estimate of drug-likeness (QED) is 0.605.